The van der Waals surface area contributed by atoms with Crippen LogP contribution in [0.4, 0.5) is 14.6 Å². The molecule has 270 valence electrons. The lowest BCUT2D eigenvalue weighted by molar-refractivity contribution is -0.130. The van der Waals surface area contributed by atoms with E-state index in [1.165, 1.54) is 0 Å². The van der Waals surface area contributed by atoms with E-state index in [0.29, 0.717) is 72.2 Å². The van der Waals surface area contributed by atoms with E-state index < -0.39 is 17.5 Å². The Labute approximate surface area is 301 Å². The number of nitrogens with zero attached hydrogens (tertiary/aromatic N) is 7. The zero-order chi connectivity index (χ0) is 35.3. The van der Waals surface area contributed by atoms with Crippen LogP contribution in [0, 0.1) is 5.82 Å². The summed E-state index contributed by atoms with van der Waals surface area (Å²) >= 11 is 6.63. The standard InChI is InChI=1S/C38H44ClF2N7O3/c1-45(27-12-16-47(22-27)31(50)10-9-26-11-15-46(26)17-18-49)36-29-20-42-34(28-7-2-5-24-6-3-8-30(39)32(24)28)33(41)35(29)43-37(44-36)51-23-38-13-4-14-48(38)21-25(40)19-38/h2-3,5-8,20,25-27,49H,4,9-19,21-23H2,1H3/t25-,26+,27-,38+/m1/s1. The second-order valence-corrected chi connectivity index (χ2v) is 15.1. The number of aliphatic hydroxyl groups is 1. The van der Waals surface area contributed by atoms with Gasteiger partial charge in [-0.05, 0) is 50.1 Å². The van der Waals surface area contributed by atoms with Gasteiger partial charge in [-0.15, -0.1) is 0 Å². The normalized spacial score (nSPS) is 25.1. The first-order valence-corrected chi connectivity index (χ1v) is 18.5. The van der Waals surface area contributed by atoms with Crippen molar-refractivity contribution >= 4 is 45.0 Å². The van der Waals surface area contributed by atoms with Gasteiger partial charge in [0.25, 0.3) is 0 Å². The number of likely N-dealkylation sites (N-methyl/N-ethyl adjacent to an activating group) is 1. The topological polar surface area (TPSA) is 98.2 Å². The first-order chi connectivity index (χ1) is 24.7. The molecule has 4 aliphatic heterocycles. The molecule has 51 heavy (non-hydrogen) atoms. The highest BCUT2D eigenvalue weighted by Gasteiger charge is 2.49. The number of carbonyl (C=O) groups is 1. The number of aliphatic hydroxyl groups excluding tert-OH is 1. The molecule has 0 saturated carbocycles. The van der Waals surface area contributed by atoms with Crippen molar-refractivity contribution in [1.82, 2.24) is 29.7 Å². The van der Waals surface area contributed by atoms with E-state index >= 15 is 4.39 Å². The number of carbonyl (C=O) groups excluding carboxylic acids is 1. The number of hydrogen-bond acceptors (Lipinski definition) is 9. The smallest absolute Gasteiger partial charge is 0.319 e. The third-order valence-electron chi connectivity index (χ3n) is 11.7. The lowest BCUT2D eigenvalue weighted by Gasteiger charge is -2.40. The molecule has 2 aromatic heterocycles. The molecule has 4 aliphatic rings. The summed E-state index contributed by atoms with van der Waals surface area (Å²) in [6, 6.07) is 11.4. The van der Waals surface area contributed by atoms with E-state index in [4.69, 9.17) is 21.3 Å². The number of benzene rings is 2. The summed E-state index contributed by atoms with van der Waals surface area (Å²) in [4.78, 5) is 35.7. The Morgan fingerprint density at radius 2 is 1.98 bits per heavy atom. The molecule has 4 aromatic rings. The Balaban J connectivity index is 1.10. The summed E-state index contributed by atoms with van der Waals surface area (Å²) < 4.78 is 37.7. The van der Waals surface area contributed by atoms with Gasteiger partial charge in [0.15, 0.2) is 5.82 Å². The van der Waals surface area contributed by atoms with Crippen molar-refractivity contribution in [3.05, 3.63) is 53.4 Å². The van der Waals surface area contributed by atoms with Crippen LogP contribution in [0.2, 0.25) is 5.02 Å². The van der Waals surface area contributed by atoms with Crippen LogP contribution in [-0.4, -0.2) is 124 Å². The molecule has 4 atom stereocenters. The van der Waals surface area contributed by atoms with Crippen molar-refractivity contribution in [2.75, 3.05) is 64.4 Å². The highest BCUT2D eigenvalue weighted by molar-refractivity contribution is 6.36. The molecule has 4 saturated heterocycles. The van der Waals surface area contributed by atoms with Crippen LogP contribution in [0.25, 0.3) is 32.9 Å². The number of aromatic nitrogens is 3. The maximum Gasteiger partial charge on any atom is 0.319 e. The zero-order valence-corrected chi connectivity index (χ0v) is 29.7. The number of amides is 1. The van der Waals surface area contributed by atoms with Crippen molar-refractivity contribution in [3.8, 4) is 17.3 Å². The average Bonchev–Trinajstić information content (AvgIpc) is 3.84. The first kappa shape index (κ1) is 34.4. The number of pyridine rings is 1. The Bertz CT molecular complexity index is 1950. The second-order valence-electron chi connectivity index (χ2n) is 14.7. The molecule has 13 heteroatoms. The van der Waals surface area contributed by atoms with Crippen LogP contribution >= 0.6 is 11.6 Å². The van der Waals surface area contributed by atoms with E-state index in [0.717, 1.165) is 50.6 Å². The fraction of sp³-hybridized carbons (Fsp3) is 0.526. The minimum atomic E-state index is -0.909. The van der Waals surface area contributed by atoms with Gasteiger partial charge >= 0.3 is 6.01 Å². The van der Waals surface area contributed by atoms with Crippen molar-refractivity contribution in [2.24, 2.45) is 0 Å². The Kier molecular flexibility index (Phi) is 9.45. The van der Waals surface area contributed by atoms with Gasteiger partial charge in [0.1, 0.15) is 29.8 Å². The molecule has 1 N–H and O–H groups in total. The quantitative estimate of drug-likeness (QED) is 0.216. The maximum absolute atomic E-state index is 16.9. The van der Waals surface area contributed by atoms with Crippen molar-refractivity contribution < 1.29 is 23.4 Å². The molecular formula is C38H44ClF2N7O3. The maximum atomic E-state index is 16.9. The second kappa shape index (κ2) is 14.0. The number of likely N-dealkylation sites (tertiary alicyclic amines) is 2. The van der Waals surface area contributed by atoms with Crippen LogP contribution < -0.4 is 9.64 Å². The van der Waals surface area contributed by atoms with Gasteiger partial charge in [0.2, 0.25) is 5.91 Å². The van der Waals surface area contributed by atoms with Gasteiger partial charge in [-0.25, -0.2) is 8.78 Å². The zero-order valence-electron chi connectivity index (χ0n) is 28.9. The number of anilines is 1. The van der Waals surface area contributed by atoms with E-state index in [9.17, 15) is 14.3 Å². The van der Waals surface area contributed by atoms with Gasteiger partial charge in [-0.2, -0.15) is 9.97 Å². The van der Waals surface area contributed by atoms with Crippen molar-refractivity contribution in [1.29, 1.82) is 0 Å². The number of ether oxygens (including phenoxy) is 1. The lowest BCUT2D eigenvalue weighted by atomic mass is 9.95. The van der Waals surface area contributed by atoms with Crippen LogP contribution in [0.5, 0.6) is 6.01 Å². The molecule has 1 amide bonds. The van der Waals surface area contributed by atoms with E-state index in [1.807, 2.05) is 41.1 Å². The molecule has 0 bridgehead atoms. The molecule has 0 unspecified atom stereocenters. The largest absolute Gasteiger partial charge is 0.461 e. The molecule has 8 rings (SSSR count). The first-order valence-electron chi connectivity index (χ1n) is 18.2. The monoisotopic (exact) mass is 719 g/mol. The summed E-state index contributed by atoms with van der Waals surface area (Å²) in [6.45, 7) is 4.31. The molecule has 2 aromatic carbocycles. The number of alkyl halides is 1. The highest BCUT2D eigenvalue weighted by atomic mass is 35.5. The molecule has 4 fully saturated rings. The van der Waals surface area contributed by atoms with E-state index in [2.05, 4.69) is 19.8 Å². The summed E-state index contributed by atoms with van der Waals surface area (Å²) in [5.41, 5.74) is 0.329. The SMILES string of the molecule is CN(c1nc(OC[C@@]23CCCN2C[C@H](F)C3)nc2c(F)c(-c3cccc4cccc(Cl)c34)ncc12)[C@@H]1CCN(C(=O)CC[C@H]2CCN2CCO)C1. The lowest BCUT2D eigenvalue weighted by Crippen LogP contribution is -2.49. The van der Waals surface area contributed by atoms with Gasteiger partial charge in [0.05, 0.1) is 17.5 Å². The van der Waals surface area contributed by atoms with E-state index in [1.54, 1.807) is 18.3 Å². The number of halogens is 3. The number of rotatable bonds is 11. The number of hydrogen-bond donors (Lipinski definition) is 1. The summed E-state index contributed by atoms with van der Waals surface area (Å²) in [6.07, 6.45) is 5.91. The summed E-state index contributed by atoms with van der Waals surface area (Å²) in [7, 11) is 1.91. The van der Waals surface area contributed by atoms with Crippen molar-refractivity contribution in [3.63, 3.8) is 0 Å². The highest BCUT2D eigenvalue weighted by Crippen LogP contribution is 2.41. The molecule has 6 heterocycles. The van der Waals surface area contributed by atoms with Gasteiger partial charge in [0, 0.05) is 86.9 Å². The summed E-state index contributed by atoms with van der Waals surface area (Å²) in [5, 5.41) is 11.8. The van der Waals surface area contributed by atoms with Gasteiger partial charge in [-0.1, -0.05) is 41.9 Å². The Morgan fingerprint density at radius 3 is 2.78 bits per heavy atom. The minimum absolute atomic E-state index is 0.0266. The fourth-order valence-electron chi connectivity index (χ4n) is 8.83. The average molecular weight is 720 g/mol. The minimum Gasteiger partial charge on any atom is -0.461 e. The molecule has 0 radical (unpaired) electrons. The summed E-state index contributed by atoms with van der Waals surface area (Å²) in [5.74, 6) is -0.0259. The van der Waals surface area contributed by atoms with Crippen LogP contribution in [0.3, 0.4) is 0 Å². The van der Waals surface area contributed by atoms with Crippen LogP contribution in [-0.2, 0) is 4.79 Å². The van der Waals surface area contributed by atoms with Crippen LogP contribution in [0.15, 0.2) is 42.6 Å². The van der Waals surface area contributed by atoms with Gasteiger partial charge in [-0.3, -0.25) is 19.6 Å². The Hall–Kier alpha value is -3.71. The van der Waals surface area contributed by atoms with Crippen LogP contribution in [0.1, 0.15) is 44.9 Å². The Morgan fingerprint density at radius 1 is 1.14 bits per heavy atom. The van der Waals surface area contributed by atoms with Gasteiger partial charge < -0.3 is 19.6 Å². The molecule has 10 nitrogen and oxygen atoms in total. The number of fused-ring (bicyclic) bond motifs is 3. The predicted octanol–water partition coefficient (Wildman–Crippen LogP) is 5.48. The predicted molar refractivity (Wildman–Crippen MR) is 193 cm³/mol. The number of β-amino-alcohol motifs (C(OH)–C–C–N with tert-alkyl or cyclic N) is 1. The third kappa shape index (κ3) is 6.38. The molecule has 0 aliphatic carbocycles. The fourth-order valence-corrected chi connectivity index (χ4v) is 9.12. The van der Waals surface area contributed by atoms with Crippen molar-refractivity contribution in [2.45, 2.75) is 68.7 Å². The molecule has 0 spiro atoms. The van der Waals surface area contributed by atoms with E-state index in [-0.39, 0.29) is 42.4 Å². The third-order valence-corrected chi connectivity index (χ3v) is 12.0. The molecular weight excluding hydrogens is 676 g/mol.